The summed E-state index contributed by atoms with van der Waals surface area (Å²) in [5, 5.41) is 0. The van der Waals surface area contributed by atoms with Crippen LogP contribution in [0.25, 0.3) is 22.3 Å². The molecule has 5 nitrogen and oxygen atoms in total. The molecule has 0 fully saturated rings. The Labute approximate surface area is 183 Å². The first-order valence-corrected chi connectivity index (χ1v) is 10.1. The Kier molecular flexibility index (Phi) is 4.82. The Morgan fingerprint density at radius 3 is 2.50 bits per heavy atom. The predicted octanol–water partition coefficient (Wildman–Crippen LogP) is 4.38. The molecule has 0 bridgehead atoms. The number of nitrogens with two attached hydrogens (primary N) is 1. The molecule has 2 aromatic heterocycles. The number of carbonyl (C=O) groups is 2. The minimum atomic E-state index is -0.623. The molecule has 0 atom stereocenters. The number of ketones is 1. The van der Waals surface area contributed by atoms with Crippen LogP contribution in [0.5, 0.6) is 0 Å². The van der Waals surface area contributed by atoms with Crippen LogP contribution in [0.3, 0.4) is 0 Å². The standard InChI is InChI=1S/C26H18FN3O2/c27-22-4-2-1-3-19(22)21-14-30-25(26(28)32)20-13-17-11-15(5-6-18(17)24(20)21)12-23(31)16-7-9-29-10-8-16/h1-11,14H,12-13H2,(H2,28,32). The molecule has 5 rings (SSSR count). The van der Waals surface area contributed by atoms with Gasteiger partial charge in [0.15, 0.2) is 5.78 Å². The molecule has 2 N–H and O–H groups in total. The van der Waals surface area contributed by atoms with E-state index in [2.05, 4.69) is 9.97 Å². The summed E-state index contributed by atoms with van der Waals surface area (Å²) in [5.41, 5.74) is 11.5. The van der Waals surface area contributed by atoms with Crippen LogP contribution in [0.2, 0.25) is 0 Å². The molecule has 32 heavy (non-hydrogen) atoms. The summed E-state index contributed by atoms with van der Waals surface area (Å²) in [6.45, 7) is 0. The van der Waals surface area contributed by atoms with E-state index in [0.29, 0.717) is 28.7 Å². The predicted molar refractivity (Wildman–Crippen MR) is 119 cm³/mol. The monoisotopic (exact) mass is 423 g/mol. The second-order valence-corrected chi connectivity index (χ2v) is 7.72. The number of primary amides is 1. The van der Waals surface area contributed by atoms with Crippen molar-refractivity contribution in [2.45, 2.75) is 12.8 Å². The molecular formula is C26H18FN3O2. The number of fused-ring (bicyclic) bond motifs is 3. The number of hydrogen-bond donors (Lipinski definition) is 1. The number of rotatable bonds is 5. The van der Waals surface area contributed by atoms with Gasteiger partial charge in [0.05, 0.1) is 0 Å². The number of carbonyl (C=O) groups excluding carboxylic acids is 2. The minimum absolute atomic E-state index is 0.00519. The number of benzene rings is 2. The first-order valence-electron chi connectivity index (χ1n) is 10.1. The van der Waals surface area contributed by atoms with Gasteiger partial charge in [0.1, 0.15) is 11.5 Å². The van der Waals surface area contributed by atoms with Gasteiger partial charge in [-0.15, -0.1) is 0 Å². The molecule has 1 amide bonds. The summed E-state index contributed by atoms with van der Waals surface area (Å²) in [7, 11) is 0. The quantitative estimate of drug-likeness (QED) is 0.425. The van der Waals surface area contributed by atoms with Gasteiger partial charge >= 0.3 is 0 Å². The van der Waals surface area contributed by atoms with Crippen molar-refractivity contribution in [2.75, 3.05) is 0 Å². The highest BCUT2D eigenvalue weighted by molar-refractivity contribution is 6.00. The zero-order valence-corrected chi connectivity index (χ0v) is 17.0. The van der Waals surface area contributed by atoms with Crippen molar-refractivity contribution < 1.29 is 14.0 Å². The third-order valence-corrected chi connectivity index (χ3v) is 5.75. The summed E-state index contributed by atoms with van der Waals surface area (Å²) in [4.78, 5) is 32.8. The van der Waals surface area contributed by atoms with Crippen LogP contribution in [0, 0.1) is 5.82 Å². The fourth-order valence-electron chi connectivity index (χ4n) is 4.29. The second-order valence-electron chi connectivity index (χ2n) is 7.72. The fourth-order valence-corrected chi connectivity index (χ4v) is 4.29. The maximum Gasteiger partial charge on any atom is 0.267 e. The van der Waals surface area contributed by atoms with E-state index in [4.69, 9.17) is 5.73 Å². The molecule has 2 heterocycles. The van der Waals surface area contributed by atoms with Gasteiger partial charge in [-0.3, -0.25) is 19.6 Å². The van der Waals surface area contributed by atoms with E-state index >= 15 is 0 Å². The highest BCUT2D eigenvalue weighted by Gasteiger charge is 2.28. The van der Waals surface area contributed by atoms with Crippen molar-refractivity contribution in [1.82, 2.24) is 9.97 Å². The normalized spacial score (nSPS) is 11.7. The third-order valence-electron chi connectivity index (χ3n) is 5.75. The van der Waals surface area contributed by atoms with Crippen LogP contribution in [-0.4, -0.2) is 21.7 Å². The molecule has 6 heteroatoms. The van der Waals surface area contributed by atoms with Crippen LogP contribution in [-0.2, 0) is 12.8 Å². The van der Waals surface area contributed by atoms with E-state index in [1.807, 2.05) is 18.2 Å². The minimum Gasteiger partial charge on any atom is -0.364 e. The zero-order chi connectivity index (χ0) is 22.2. The molecule has 0 saturated carbocycles. The van der Waals surface area contributed by atoms with E-state index in [-0.39, 0.29) is 23.7 Å². The summed E-state index contributed by atoms with van der Waals surface area (Å²) in [5.74, 6) is -0.993. The van der Waals surface area contributed by atoms with Gasteiger partial charge in [-0.2, -0.15) is 0 Å². The molecular weight excluding hydrogens is 405 g/mol. The van der Waals surface area contributed by atoms with Crippen molar-refractivity contribution in [1.29, 1.82) is 0 Å². The second kappa shape index (κ2) is 7.81. The van der Waals surface area contributed by atoms with Gasteiger partial charge in [-0.05, 0) is 46.0 Å². The molecule has 0 saturated heterocycles. The highest BCUT2D eigenvalue weighted by atomic mass is 19.1. The van der Waals surface area contributed by atoms with Gasteiger partial charge in [0, 0.05) is 48.1 Å². The topological polar surface area (TPSA) is 85.9 Å². The fraction of sp³-hybridized carbons (Fsp3) is 0.0769. The van der Waals surface area contributed by atoms with E-state index in [1.54, 1.807) is 42.7 Å². The summed E-state index contributed by atoms with van der Waals surface area (Å²) < 4.78 is 14.6. The van der Waals surface area contributed by atoms with Crippen LogP contribution >= 0.6 is 0 Å². The van der Waals surface area contributed by atoms with Crippen LogP contribution in [0.4, 0.5) is 4.39 Å². The Bertz CT molecular complexity index is 1380. The van der Waals surface area contributed by atoms with E-state index in [1.165, 1.54) is 12.3 Å². The van der Waals surface area contributed by atoms with Crippen LogP contribution in [0.1, 0.15) is 37.5 Å². The smallest absolute Gasteiger partial charge is 0.267 e. The lowest BCUT2D eigenvalue weighted by Crippen LogP contribution is -2.16. The average molecular weight is 423 g/mol. The Balaban J connectivity index is 1.59. The van der Waals surface area contributed by atoms with E-state index < -0.39 is 5.91 Å². The van der Waals surface area contributed by atoms with Crippen molar-refractivity contribution >= 4 is 11.7 Å². The largest absolute Gasteiger partial charge is 0.364 e. The molecule has 2 aromatic carbocycles. The number of pyridine rings is 2. The molecule has 1 aliphatic rings. The van der Waals surface area contributed by atoms with Gasteiger partial charge < -0.3 is 5.73 Å². The molecule has 0 radical (unpaired) electrons. The highest BCUT2D eigenvalue weighted by Crippen LogP contribution is 2.44. The maximum atomic E-state index is 14.6. The molecule has 0 unspecified atom stereocenters. The van der Waals surface area contributed by atoms with Crippen molar-refractivity contribution in [3.63, 3.8) is 0 Å². The molecule has 1 aliphatic carbocycles. The Morgan fingerprint density at radius 1 is 0.969 bits per heavy atom. The molecule has 4 aromatic rings. The van der Waals surface area contributed by atoms with Gasteiger partial charge in [-0.25, -0.2) is 4.39 Å². The molecule has 0 aliphatic heterocycles. The molecule has 156 valence electrons. The van der Waals surface area contributed by atoms with Crippen LogP contribution in [0.15, 0.2) is 73.2 Å². The van der Waals surface area contributed by atoms with E-state index in [0.717, 1.165) is 22.3 Å². The lowest BCUT2D eigenvalue weighted by Gasteiger charge is -2.12. The van der Waals surface area contributed by atoms with Crippen molar-refractivity contribution in [3.8, 4) is 22.3 Å². The van der Waals surface area contributed by atoms with Gasteiger partial charge in [-0.1, -0.05) is 36.4 Å². The first kappa shape index (κ1) is 19.8. The number of Topliss-reactive ketones (excluding diaryl/α,β-unsaturated/α-hetero) is 1. The summed E-state index contributed by atoms with van der Waals surface area (Å²) in [6, 6.07) is 15.6. The number of aromatic nitrogens is 2. The SMILES string of the molecule is NC(=O)c1ncc(-c2ccccc2F)c2c1Cc1cc(CC(=O)c3ccncc3)ccc1-2. The average Bonchev–Trinajstić information content (AvgIpc) is 3.18. The van der Waals surface area contributed by atoms with E-state index in [9.17, 15) is 14.0 Å². The number of hydrogen-bond acceptors (Lipinski definition) is 4. The first-order chi connectivity index (χ1) is 15.5. The Morgan fingerprint density at radius 2 is 1.75 bits per heavy atom. The lowest BCUT2D eigenvalue weighted by atomic mass is 9.94. The summed E-state index contributed by atoms with van der Waals surface area (Å²) in [6.07, 6.45) is 5.38. The Hall–Kier alpha value is -4.19. The van der Waals surface area contributed by atoms with Gasteiger partial charge in [0.25, 0.3) is 5.91 Å². The summed E-state index contributed by atoms with van der Waals surface area (Å²) >= 11 is 0. The number of nitrogens with zero attached hydrogens (tertiary/aromatic N) is 2. The molecule has 0 spiro atoms. The lowest BCUT2D eigenvalue weighted by molar-refractivity contribution is 0.0985. The van der Waals surface area contributed by atoms with Crippen molar-refractivity contribution in [2.24, 2.45) is 5.73 Å². The number of amides is 1. The zero-order valence-electron chi connectivity index (χ0n) is 17.0. The number of halogens is 1. The maximum absolute atomic E-state index is 14.6. The van der Waals surface area contributed by atoms with Gasteiger partial charge in [0.2, 0.25) is 0 Å². The third kappa shape index (κ3) is 3.36. The van der Waals surface area contributed by atoms with Crippen molar-refractivity contribution in [3.05, 3.63) is 107 Å². The van der Waals surface area contributed by atoms with Crippen LogP contribution < -0.4 is 5.73 Å².